The summed E-state index contributed by atoms with van der Waals surface area (Å²) < 4.78 is 0. The Labute approximate surface area is 122 Å². The van der Waals surface area contributed by atoms with Crippen molar-refractivity contribution in [3.05, 3.63) is 60.2 Å². The van der Waals surface area contributed by atoms with E-state index in [9.17, 15) is 0 Å². The minimum atomic E-state index is 0.446. The summed E-state index contributed by atoms with van der Waals surface area (Å²) in [5.74, 6) is 0.904. The number of rotatable bonds is 5. The molecule has 0 saturated heterocycles. The zero-order valence-electron chi connectivity index (χ0n) is 12.3. The molecule has 2 aromatic carbocycles. The summed E-state index contributed by atoms with van der Waals surface area (Å²) in [7, 11) is 0. The largest absolute Gasteiger partial charge is 0.307 e. The van der Waals surface area contributed by atoms with Crippen LogP contribution in [0.15, 0.2) is 54.6 Å². The molecule has 1 fully saturated rings. The summed E-state index contributed by atoms with van der Waals surface area (Å²) in [5, 5.41) is 3.73. The molecule has 2 aromatic rings. The van der Waals surface area contributed by atoms with Crippen LogP contribution in [0.3, 0.4) is 0 Å². The predicted octanol–water partition coefficient (Wildman–Crippen LogP) is 4.80. The first-order valence-corrected chi connectivity index (χ1v) is 7.69. The fraction of sp³-hybridized carbons (Fsp3) is 0.368. The fourth-order valence-electron chi connectivity index (χ4n) is 2.92. The van der Waals surface area contributed by atoms with Gasteiger partial charge in [-0.2, -0.15) is 0 Å². The number of hydrogen-bond donors (Lipinski definition) is 1. The van der Waals surface area contributed by atoms with E-state index in [1.807, 2.05) is 0 Å². The van der Waals surface area contributed by atoms with E-state index in [1.54, 1.807) is 0 Å². The quantitative estimate of drug-likeness (QED) is 0.818. The molecule has 0 spiro atoms. The molecule has 1 nitrogen and oxygen atoms in total. The van der Waals surface area contributed by atoms with Gasteiger partial charge in [0.25, 0.3) is 0 Å². The molecule has 0 bridgehead atoms. The van der Waals surface area contributed by atoms with E-state index in [-0.39, 0.29) is 0 Å². The van der Waals surface area contributed by atoms with Crippen molar-refractivity contribution < 1.29 is 0 Å². The van der Waals surface area contributed by atoms with Gasteiger partial charge in [-0.25, -0.2) is 0 Å². The first-order chi connectivity index (χ1) is 9.78. The Morgan fingerprint density at radius 3 is 2.25 bits per heavy atom. The van der Waals surface area contributed by atoms with Crippen LogP contribution in [0.4, 0.5) is 0 Å². The molecule has 104 valence electrons. The minimum Gasteiger partial charge on any atom is -0.307 e. The summed E-state index contributed by atoms with van der Waals surface area (Å²) in [6.07, 6.45) is 2.65. The van der Waals surface area contributed by atoms with Crippen LogP contribution in [0, 0.1) is 5.92 Å². The Morgan fingerprint density at radius 2 is 1.65 bits per heavy atom. The van der Waals surface area contributed by atoms with E-state index in [0.717, 1.165) is 12.0 Å². The second-order valence-corrected chi connectivity index (χ2v) is 5.89. The fourth-order valence-corrected chi connectivity index (χ4v) is 2.92. The molecule has 1 N–H and O–H groups in total. The number of hydrogen-bond acceptors (Lipinski definition) is 1. The first-order valence-electron chi connectivity index (χ1n) is 7.69. The van der Waals surface area contributed by atoms with Gasteiger partial charge < -0.3 is 5.32 Å². The van der Waals surface area contributed by atoms with Crippen LogP contribution in [-0.4, -0.2) is 6.04 Å². The van der Waals surface area contributed by atoms with Gasteiger partial charge in [-0.05, 0) is 36.0 Å². The zero-order chi connectivity index (χ0) is 13.9. The average Bonchev–Trinajstić information content (AvgIpc) is 3.26. The lowest BCUT2D eigenvalue weighted by Gasteiger charge is -2.15. The van der Waals surface area contributed by atoms with Gasteiger partial charge >= 0.3 is 0 Å². The molecule has 0 amide bonds. The van der Waals surface area contributed by atoms with Crippen molar-refractivity contribution in [2.45, 2.75) is 38.8 Å². The van der Waals surface area contributed by atoms with Crippen molar-refractivity contribution in [1.82, 2.24) is 5.32 Å². The van der Waals surface area contributed by atoms with E-state index in [1.165, 1.54) is 29.5 Å². The van der Waals surface area contributed by atoms with Gasteiger partial charge in [-0.3, -0.25) is 0 Å². The molecule has 1 aliphatic rings. The maximum atomic E-state index is 3.73. The first kappa shape index (κ1) is 13.4. The van der Waals surface area contributed by atoms with Crippen molar-refractivity contribution >= 4 is 0 Å². The molecule has 3 unspecified atom stereocenters. The van der Waals surface area contributed by atoms with Crippen LogP contribution in [0.2, 0.25) is 0 Å². The minimum absolute atomic E-state index is 0.446. The molecule has 3 atom stereocenters. The smallest absolute Gasteiger partial charge is 0.0294 e. The maximum absolute atomic E-state index is 3.73. The van der Waals surface area contributed by atoms with E-state index >= 15 is 0 Å². The zero-order valence-corrected chi connectivity index (χ0v) is 12.3. The van der Waals surface area contributed by atoms with Gasteiger partial charge in [0.2, 0.25) is 0 Å². The van der Waals surface area contributed by atoms with Gasteiger partial charge in [0, 0.05) is 12.1 Å². The summed E-state index contributed by atoms with van der Waals surface area (Å²) in [4.78, 5) is 0. The van der Waals surface area contributed by atoms with Crippen LogP contribution in [0.25, 0.3) is 11.1 Å². The Hall–Kier alpha value is -1.60. The third kappa shape index (κ3) is 2.94. The third-order valence-electron chi connectivity index (χ3n) is 4.43. The number of nitrogens with one attached hydrogen (secondary N) is 1. The maximum Gasteiger partial charge on any atom is 0.0294 e. The molecule has 0 aliphatic heterocycles. The summed E-state index contributed by atoms with van der Waals surface area (Å²) in [6, 6.07) is 20.7. The van der Waals surface area contributed by atoms with E-state index < -0.39 is 0 Å². The van der Waals surface area contributed by atoms with Crippen LogP contribution < -0.4 is 5.32 Å². The highest BCUT2D eigenvalue weighted by Gasteiger charge is 2.35. The van der Waals surface area contributed by atoms with Crippen LogP contribution in [0.1, 0.15) is 38.3 Å². The second-order valence-electron chi connectivity index (χ2n) is 5.89. The highest BCUT2D eigenvalue weighted by Crippen LogP contribution is 2.35. The van der Waals surface area contributed by atoms with E-state index in [4.69, 9.17) is 0 Å². The van der Waals surface area contributed by atoms with Crippen molar-refractivity contribution in [3.63, 3.8) is 0 Å². The van der Waals surface area contributed by atoms with Crippen molar-refractivity contribution in [3.8, 4) is 11.1 Å². The van der Waals surface area contributed by atoms with Crippen LogP contribution in [-0.2, 0) is 0 Å². The average molecular weight is 265 g/mol. The lowest BCUT2D eigenvalue weighted by atomic mass is 10.0. The molecule has 0 aromatic heterocycles. The monoisotopic (exact) mass is 265 g/mol. The lowest BCUT2D eigenvalue weighted by molar-refractivity contribution is 0.539. The Kier molecular flexibility index (Phi) is 3.88. The molecule has 20 heavy (non-hydrogen) atoms. The predicted molar refractivity (Wildman–Crippen MR) is 85.6 cm³/mol. The molecular formula is C19H23N. The summed E-state index contributed by atoms with van der Waals surface area (Å²) in [6.45, 7) is 4.55. The van der Waals surface area contributed by atoms with Crippen LogP contribution >= 0.6 is 0 Å². The Morgan fingerprint density at radius 1 is 1.00 bits per heavy atom. The van der Waals surface area contributed by atoms with E-state index in [0.29, 0.717) is 6.04 Å². The molecule has 1 saturated carbocycles. The Bertz CT molecular complexity index is 544. The third-order valence-corrected chi connectivity index (χ3v) is 4.43. The SMILES string of the molecule is CCC1CC1NC(C)c1ccc(-c2ccccc2)cc1. The normalized spacial score (nSPS) is 22.5. The molecule has 0 heterocycles. The van der Waals surface area contributed by atoms with Crippen LogP contribution in [0.5, 0.6) is 0 Å². The summed E-state index contributed by atoms with van der Waals surface area (Å²) in [5.41, 5.74) is 3.96. The molecule has 1 aliphatic carbocycles. The standard InChI is InChI=1S/C19H23N/c1-3-15-13-19(15)20-14(2)16-9-11-18(12-10-16)17-7-5-4-6-8-17/h4-12,14-15,19-20H,3,13H2,1-2H3. The topological polar surface area (TPSA) is 12.0 Å². The highest BCUT2D eigenvalue weighted by molar-refractivity contribution is 5.63. The van der Waals surface area contributed by atoms with E-state index in [2.05, 4.69) is 73.8 Å². The summed E-state index contributed by atoms with van der Waals surface area (Å²) >= 11 is 0. The van der Waals surface area contributed by atoms with Gasteiger partial charge in [0.05, 0.1) is 0 Å². The lowest BCUT2D eigenvalue weighted by Crippen LogP contribution is -2.22. The van der Waals surface area contributed by atoms with Crippen molar-refractivity contribution in [1.29, 1.82) is 0 Å². The van der Waals surface area contributed by atoms with Gasteiger partial charge in [-0.15, -0.1) is 0 Å². The van der Waals surface area contributed by atoms with Gasteiger partial charge in [-0.1, -0.05) is 67.9 Å². The molecule has 0 radical (unpaired) electrons. The van der Waals surface area contributed by atoms with Gasteiger partial charge in [0.15, 0.2) is 0 Å². The highest BCUT2D eigenvalue weighted by atomic mass is 15.0. The number of benzene rings is 2. The molecule has 3 rings (SSSR count). The Balaban J connectivity index is 1.67. The molecular weight excluding hydrogens is 242 g/mol. The van der Waals surface area contributed by atoms with Crippen molar-refractivity contribution in [2.75, 3.05) is 0 Å². The second kappa shape index (κ2) is 5.80. The van der Waals surface area contributed by atoms with Gasteiger partial charge in [0.1, 0.15) is 0 Å². The molecule has 1 heteroatoms. The van der Waals surface area contributed by atoms with Crippen molar-refractivity contribution in [2.24, 2.45) is 5.92 Å².